The maximum atomic E-state index is 12.7. The topological polar surface area (TPSA) is 64.2 Å². The minimum atomic E-state index is -0.938. The van der Waals surface area contributed by atoms with Gasteiger partial charge in [-0.3, -0.25) is 9.13 Å². The van der Waals surface area contributed by atoms with Gasteiger partial charge in [0.25, 0.3) is 0 Å². The van der Waals surface area contributed by atoms with E-state index in [1.807, 2.05) is 47.2 Å². The van der Waals surface area contributed by atoms with Crippen molar-refractivity contribution in [3.05, 3.63) is 82.0 Å². The molecule has 0 saturated carbocycles. The Kier molecular flexibility index (Phi) is 6.14. The summed E-state index contributed by atoms with van der Waals surface area (Å²) in [6.07, 6.45) is 4.82. The molecule has 3 aromatic rings. The summed E-state index contributed by atoms with van der Waals surface area (Å²) in [6.45, 7) is 5.44. The molecule has 2 aromatic carbocycles. The fourth-order valence-corrected chi connectivity index (χ4v) is 3.42. The first kappa shape index (κ1) is 19.7. The zero-order valence-electron chi connectivity index (χ0n) is 16.4. The lowest BCUT2D eigenvalue weighted by molar-refractivity contribution is 0.0697. The number of carboxylic acids is 1. The van der Waals surface area contributed by atoms with E-state index in [0.29, 0.717) is 12.1 Å². The quantitative estimate of drug-likeness (QED) is 0.631. The fraction of sp³-hybridized carbons (Fsp3) is 0.304. The van der Waals surface area contributed by atoms with E-state index in [4.69, 9.17) is 0 Å². The van der Waals surface area contributed by atoms with Crippen LogP contribution in [0.1, 0.15) is 48.3 Å². The molecule has 0 fully saturated rings. The second-order valence-corrected chi connectivity index (χ2v) is 6.94. The number of aryl methyl sites for hydroxylation is 2. The largest absolute Gasteiger partial charge is 0.478 e. The molecule has 1 N–H and O–H groups in total. The lowest BCUT2D eigenvalue weighted by Gasteiger charge is -2.09. The standard InChI is InChI=1S/C23H26N2O3/c1-3-5-14-24-16-19(4-2)25(23(24)28)15-17-10-12-18(13-11-17)20-8-6-7-9-21(20)22(26)27/h6-13,16H,3-5,14-15H2,1-2H3,(H,26,27). The van der Waals surface area contributed by atoms with E-state index in [1.165, 1.54) is 0 Å². The van der Waals surface area contributed by atoms with Crippen molar-refractivity contribution >= 4 is 5.97 Å². The predicted molar refractivity (Wildman–Crippen MR) is 111 cm³/mol. The van der Waals surface area contributed by atoms with Gasteiger partial charge in [-0.2, -0.15) is 0 Å². The van der Waals surface area contributed by atoms with Crippen molar-refractivity contribution in [1.82, 2.24) is 9.13 Å². The van der Waals surface area contributed by atoms with Gasteiger partial charge in [-0.15, -0.1) is 0 Å². The van der Waals surface area contributed by atoms with E-state index < -0.39 is 5.97 Å². The Labute approximate surface area is 164 Å². The molecule has 0 unspecified atom stereocenters. The third kappa shape index (κ3) is 4.09. The number of carbonyl (C=O) groups is 1. The van der Waals surface area contributed by atoms with Crippen molar-refractivity contribution in [3.63, 3.8) is 0 Å². The molecule has 0 bridgehead atoms. The number of unbranched alkanes of at least 4 members (excludes halogenated alkanes) is 1. The molecule has 1 aromatic heterocycles. The molecule has 0 aliphatic rings. The third-order valence-electron chi connectivity index (χ3n) is 5.01. The van der Waals surface area contributed by atoms with Crippen molar-refractivity contribution < 1.29 is 9.90 Å². The molecule has 0 radical (unpaired) electrons. The molecule has 3 rings (SSSR count). The summed E-state index contributed by atoms with van der Waals surface area (Å²) in [5.41, 5.74) is 3.91. The lowest BCUT2D eigenvalue weighted by atomic mass is 9.99. The second kappa shape index (κ2) is 8.74. The first-order chi connectivity index (χ1) is 13.5. The Balaban J connectivity index is 1.87. The van der Waals surface area contributed by atoms with Crippen LogP contribution in [0.15, 0.2) is 59.5 Å². The molecule has 5 nitrogen and oxygen atoms in total. The van der Waals surface area contributed by atoms with Gasteiger partial charge in [0.1, 0.15) is 0 Å². The van der Waals surface area contributed by atoms with E-state index in [9.17, 15) is 14.7 Å². The number of hydrogen-bond donors (Lipinski definition) is 1. The number of carboxylic acid groups (broad SMARTS) is 1. The molecule has 0 aliphatic carbocycles. The van der Waals surface area contributed by atoms with Gasteiger partial charge in [0.05, 0.1) is 12.1 Å². The van der Waals surface area contributed by atoms with Crippen LogP contribution >= 0.6 is 0 Å². The van der Waals surface area contributed by atoms with Crippen molar-refractivity contribution in [2.24, 2.45) is 0 Å². The van der Waals surface area contributed by atoms with Gasteiger partial charge in [-0.05, 0) is 35.6 Å². The molecular weight excluding hydrogens is 352 g/mol. The second-order valence-electron chi connectivity index (χ2n) is 6.94. The molecule has 5 heteroatoms. The van der Waals surface area contributed by atoms with Crippen LogP contribution in [0.4, 0.5) is 0 Å². The van der Waals surface area contributed by atoms with Gasteiger partial charge in [0.15, 0.2) is 0 Å². The summed E-state index contributed by atoms with van der Waals surface area (Å²) in [4.78, 5) is 24.2. The molecular formula is C23H26N2O3. The monoisotopic (exact) mass is 378 g/mol. The summed E-state index contributed by atoms with van der Waals surface area (Å²) < 4.78 is 3.63. The molecule has 0 spiro atoms. The summed E-state index contributed by atoms with van der Waals surface area (Å²) >= 11 is 0. The minimum absolute atomic E-state index is 0.0330. The number of aromatic nitrogens is 2. The fourth-order valence-electron chi connectivity index (χ4n) is 3.42. The molecule has 0 saturated heterocycles. The Morgan fingerprint density at radius 2 is 1.75 bits per heavy atom. The molecule has 0 aliphatic heterocycles. The highest BCUT2D eigenvalue weighted by Crippen LogP contribution is 2.24. The number of benzene rings is 2. The predicted octanol–water partition coefficient (Wildman–Crippen LogP) is 4.43. The number of imidazole rings is 1. The van der Waals surface area contributed by atoms with Gasteiger partial charge in [0, 0.05) is 18.4 Å². The first-order valence-corrected chi connectivity index (χ1v) is 9.75. The highest BCUT2D eigenvalue weighted by molar-refractivity contribution is 5.95. The smallest absolute Gasteiger partial charge is 0.336 e. The Hall–Kier alpha value is -3.08. The van der Waals surface area contributed by atoms with E-state index in [-0.39, 0.29) is 11.3 Å². The number of hydrogen-bond acceptors (Lipinski definition) is 2. The average Bonchev–Trinajstić information content (AvgIpc) is 3.02. The summed E-state index contributed by atoms with van der Waals surface area (Å²) in [5, 5.41) is 9.39. The SMILES string of the molecule is CCCCn1cc(CC)n(Cc2ccc(-c3ccccc3C(=O)O)cc2)c1=O. The minimum Gasteiger partial charge on any atom is -0.478 e. The van der Waals surface area contributed by atoms with Crippen molar-refractivity contribution in [1.29, 1.82) is 0 Å². The molecule has 28 heavy (non-hydrogen) atoms. The Bertz CT molecular complexity index is 1010. The van der Waals surface area contributed by atoms with Crippen LogP contribution in [-0.2, 0) is 19.5 Å². The van der Waals surface area contributed by atoms with Crippen LogP contribution in [0.3, 0.4) is 0 Å². The van der Waals surface area contributed by atoms with Crippen LogP contribution in [0, 0.1) is 0 Å². The molecule has 0 atom stereocenters. The summed E-state index contributed by atoms with van der Waals surface area (Å²) in [5.74, 6) is -0.938. The van der Waals surface area contributed by atoms with Gasteiger partial charge in [-0.1, -0.05) is 62.7 Å². The van der Waals surface area contributed by atoms with Crippen molar-refractivity contribution in [3.8, 4) is 11.1 Å². The van der Waals surface area contributed by atoms with Crippen molar-refractivity contribution in [2.75, 3.05) is 0 Å². The van der Waals surface area contributed by atoms with E-state index >= 15 is 0 Å². The zero-order valence-corrected chi connectivity index (χ0v) is 16.4. The molecule has 1 heterocycles. The van der Waals surface area contributed by atoms with Crippen LogP contribution in [0.5, 0.6) is 0 Å². The van der Waals surface area contributed by atoms with Crippen LogP contribution in [0.2, 0.25) is 0 Å². The van der Waals surface area contributed by atoms with E-state index in [0.717, 1.165) is 42.6 Å². The first-order valence-electron chi connectivity index (χ1n) is 9.75. The van der Waals surface area contributed by atoms with Gasteiger partial charge in [-0.25, -0.2) is 9.59 Å². The van der Waals surface area contributed by atoms with Crippen LogP contribution in [-0.4, -0.2) is 20.2 Å². The molecule has 0 amide bonds. The Morgan fingerprint density at radius 3 is 2.39 bits per heavy atom. The van der Waals surface area contributed by atoms with Gasteiger partial charge >= 0.3 is 11.7 Å². The van der Waals surface area contributed by atoms with E-state index in [1.54, 1.807) is 16.7 Å². The van der Waals surface area contributed by atoms with Crippen LogP contribution in [0.25, 0.3) is 11.1 Å². The number of aromatic carboxylic acids is 1. The zero-order chi connectivity index (χ0) is 20.1. The Morgan fingerprint density at radius 1 is 1.04 bits per heavy atom. The number of rotatable bonds is 8. The lowest BCUT2D eigenvalue weighted by Crippen LogP contribution is -2.25. The maximum Gasteiger partial charge on any atom is 0.336 e. The maximum absolute atomic E-state index is 12.7. The van der Waals surface area contributed by atoms with Crippen LogP contribution < -0.4 is 5.69 Å². The van der Waals surface area contributed by atoms with Gasteiger partial charge in [0.2, 0.25) is 0 Å². The average molecular weight is 378 g/mol. The van der Waals surface area contributed by atoms with Crippen molar-refractivity contribution in [2.45, 2.75) is 46.2 Å². The highest BCUT2D eigenvalue weighted by atomic mass is 16.4. The van der Waals surface area contributed by atoms with E-state index in [2.05, 4.69) is 13.8 Å². The summed E-state index contributed by atoms with van der Waals surface area (Å²) in [6, 6.07) is 14.7. The highest BCUT2D eigenvalue weighted by Gasteiger charge is 2.12. The normalized spacial score (nSPS) is 10.9. The number of nitrogens with zero attached hydrogens (tertiary/aromatic N) is 2. The van der Waals surface area contributed by atoms with Gasteiger partial charge < -0.3 is 5.11 Å². The third-order valence-corrected chi connectivity index (χ3v) is 5.01. The molecule has 146 valence electrons. The summed E-state index contributed by atoms with van der Waals surface area (Å²) in [7, 11) is 0.